The van der Waals surface area contributed by atoms with Gasteiger partial charge in [-0.15, -0.1) is 0 Å². The van der Waals surface area contributed by atoms with E-state index in [1.807, 2.05) is 13.8 Å². The van der Waals surface area contributed by atoms with Crippen LogP contribution >= 0.6 is 0 Å². The van der Waals surface area contributed by atoms with Crippen molar-refractivity contribution in [1.82, 2.24) is 0 Å². The average molecular weight is 344 g/mol. The summed E-state index contributed by atoms with van der Waals surface area (Å²) in [5.41, 5.74) is 0.391. The summed E-state index contributed by atoms with van der Waals surface area (Å²) in [7, 11) is 0. The van der Waals surface area contributed by atoms with Crippen LogP contribution in [0, 0.1) is 0 Å². The first-order chi connectivity index (χ1) is 11.4. The summed E-state index contributed by atoms with van der Waals surface area (Å²) in [5, 5.41) is 0. The van der Waals surface area contributed by atoms with E-state index in [1.165, 1.54) is 19.3 Å². The number of hydrogen-bond acceptors (Lipinski definition) is 5. The van der Waals surface area contributed by atoms with Crippen molar-refractivity contribution in [3.8, 4) is 0 Å². The van der Waals surface area contributed by atoms with Gasteiger partial charge < -0.3 is 18.9 Å². The van der Waals surface area contributed by atoms with E-state index in [1.54, 1.807) is 13.8 Å². The normalized spacial score (nSPS) is 14.9. The van der Waals surface area contributed by atoms with E-state index in [9.17, 15) is 4.79 Å². The molecule has 142 valence electrons. The molecule has 0 aliphatic rings. The minimum atomic E-state index is -0.389. The first-order valence-corrected chi connectivity index (χ1v) is 9.04. The van der Waals surface area contributed by atoms with E-state index in [0.29, 0.717) is 25.4 Å². The first kappa shape index (κ1) is 23.1. The smallest absolute Gasteiger partial charge is 0.333 e. The second-order valence-corrected chi connectivity index (χ2v) is 6.42. The lowest BCUT2D eigenvalue weighted by molar-refractivity contribution is -0.148. The maximum absolute atomic E-state index is 11.4. The van der Waals surface area contributed by atoms with Gasteiger partial charge in [0, 0.05) is 12.2 Å². The minimum absolute atomic E-state index is 0.0425. The molecule has 0 spiro atoms. The molecule has 0 rings (SSSR count). The third-order valence-electron chi connectivity index (χ3n) is 3.38. The molecule has 0 aromatic heterocycles. The number of esters is 1. The lowest BCUT2D eigenvalue weighted by atomic mass is 10.2. The summed E-state index contributed by atoms with van der Waals surface area (Å²) in [6, 6.07) is 0. The Hall–Kier alpha value is -0.910. The fraction of sp³-hybridized carbons (Fsp3) is 0.842. The average Bonchev–Trinajstić information content (AvgIpc) is 2.54. The zero-order valence-electron chi connectivity index (χ0n) is 16.1. The molecule has 0 radical (unpaired) electrons. The van der Waals surface area contributed by atoms with Crippen molar-refractivity contribution in [3.05, 3.63) is 12.2 Å². The molecule has 0 heterocycles. The number of rotatable bonds is 15. The molecule has 5 heteroatoms. The van der Waals surface area contributed by atoms with Gasteiger partial charge in [-0.3, -0.25) is 0 Å². The molecular formula is C19H36O5. The molecule has 0 saturated carbocycles. The van der Waals surface area contributed by atoms with E-state index in [4.69, 9.17) is 18.9 Å². The van der Waals surface area contributed by atoms with Crippen molar-refractivity contribution in [2.75, 3.05) is 26.4 Å². The van der Waals surface area contributed by atoms with Gasteiger partial charge in [-0.1, -0.05) is 32.8 Å². The maximum Gasteiger partial charge on any atom is 0.333 e. The molecule has 0 aromatic rings. The van der Waals surface area contributed by atoms with Gasteiger partial charge in [-0.05, 0) is 34.1 Å². The molecule has 0 saturated heterocycles. The number of ether oxygens (including phenoxy) is 4. The van der Waals surface area contributed by atoms with Crippen LogP contribution in [0.3, 0.4) is 0 Å². The minimum Gasteiger partial charge on any atom is -0.457 e. The molecule has 24 heavy (non-hydrogen) atoms. The van der Waals surface area contributed by atoms with Gasteiger partial charge in [0.15, 0.2) is 0 Å². The van der Waals surface area contributed by atoms with Gasteiger partial charge >= 0.3 is 5.97 Å². The molecule has 3 unspecified atom stereocenters. The lowest BCUT2D eigenvalue weighted by Gasteiger charge is -2.20. The number of unbranched alkanes of at least 4 members (excludes halogenated alkanes) is 3. The highest BCUT2D eigenvalue weighted by atomic mass is 16.6. The highest BCUT2D eigenvalue weighted by Crippen LogP contribution is 2.04. The maximum atomic E-state index is 11.4. The van der Waals surface area contributed by atoms with Crippen LogP contribution in [0.2, 0.25) is 0 Å². The van der Waals surface area contributed by atoms with Gasteiger partial charge in [0.2, 0.25) is 0 Å². The zero-order chi connectivity index (χ0) is 18.4. The predicted molar refractivity (Wildman–Crippen MR) is 96.2 cm³/mol. The number of hydrogen-bond donors (Lipinski definition) is 0. The molecule has 5 nitrogen and oxygen atoms in total. The zero-order valence-corrected chi connectivity index (χ0v) is 16.1. The second kappa shape index (κ2) is 14.4. The van der Waals surface area contributed by atoms with Crippen LogP contribution in [0.1, 0.15) is 60.3 Å². The number of carbonyl (C=O) groups is 1. The fourth-order valence-corrected chi connectivity index (χ4v) is 1.89. The van der Waals surface area contributed by atoms with Crippen molar-refractivity contribution in [2.24, 2.45) is 0 Å². The second-order valence-electron chi connectivity index (χ2n) is 6.42. The van der Waals surface area contributed by atoms with Crippen LogP contribution in [-0.4, -0.2) is 50.7 Å². The SMILES string of the molecule is C=C(C)C(=O)OC(C)COC(C)COC(C)COCCCCCC. The third-order valence-corrected chi connectivity index (χ3v) is 3.38. The summed E-state index contributed by atoms with van der Waals surface area (Å²) in [4.78, 5) is 11.4. The van der Waals surface area contributed by atoms with E-state index in [2.05, 4.69) is 13.5 Å². The highest BCUT2D eigenvalue weighted by molar-refractivity contribution is 5.87. The quantitative estimate of drug-likeness (QED) is 0.256. The molecule has 0 fully saturated rings. The fourth-order valence-electron chi connectivity index (χ4n) is 1.89. The van der Waals surface area contributed by atoms with Crippen LogP contribution in [0.25, 0.3) is 0 Å². The Balaban J connectivity index is 3.64. The van der Waals surface area contributed by atoms with E-state index in [-0.39, 0.29) is 24.3 Å². The van der Waals surface area contributed by atoms with E-state index in [0.717, 1.165) is 13.0 Å². The van der Waals surface area contributed by atoms with Gasteiger partial charge in [0.1, 0.15) is 6.10 Å². The van der Waals surface area contributed by atoms with E-state index >= 15 is 0 Å². The summed E-state index contributed by atoms with van der Waals surface area (Å²) in [5.74, 6) is -0.389. The van der Waals surface area contributed by atoms with Gasteiger partial charge in [0.05, 0.1) is 32.0 Å². The summed E-state index contributed by atoms with van der Waals surface area (Å²) < 4.78 is 22.1. The first-order valence-electron chi connectivity index (χ1n) is 9.04. The predicted octanol–water partition coefficient (Wildman–Crippen LogP) is 3.90. The molecule has 0 aliphatic carbocycles. The molecular weight excluding hydrogens is 308 g/mol. The van der Waals surface area contributed by atoms with Crippen molar-refractivity contribution in [2.45, 2.75) is 78.6 Å². The van der Waals surface area contributed by atoms with Crippen LogP contribution in [0.15, 0.2) is 12.2 Å². The summed E-state index contributed by atoms with van der Waals surface area (Å²) in [6.07, 6.45) is 4.52. The van der Waals surface area contributed by atoms with Crippen molar-refractivity contribution < 1.29 is 23.7 Å². The Kier molecular flexibility index (Phi) is 13.9. The Morgan fingerprint density at radius 3 is 2.08 bits per heavy atom. The van der Waals surface area contributed by atoms with Crippen molar-refractivity contribution in [1.29, 1.82) is 0 Å². The van der Waals surface area contributed by atoms with E-state index < -0.39 is 0 Å². The molecule has 0 bridgehead atoms. The third kappa shape index (κ3) is 13.5. The summed E-state index contributed by atoms with van der Waals surface area (Å²) in [6.45, 7) is 15.3. The standard InChI is InChI=1S/C19H36O5/c1-7-8-9-10-11-21-12-16(4)22-13-17(5)23-14-18(6)24-19(20)15(2)3/h16-18H,2,7-14H2,1,3-6H3. The van der Waals surface area contributed by atoms with Crippen molar-refractivity contribution in [3.63, 3.8) is 0 Å². The lowest BCUT2D eigenvalue weighted by Crippen LogP contribution is -2.27. The Labute approximate surface area is 147 Å². The molecule has 0 N–H and O–H groups in total. The van der Waals surface area contributed by atoms with Crippen LogP contribution < -0.4 is 0 Å². The highest BCUT2D eigenvalue weighted by Gasteiger charge is 2.13. The summed E-state index contributed by atoms with van der Waals surface area (Å²) >= 11 is 0. The van der Waals surface area contributed by atoms with Crippen molar-refractivity contribution >= 4 is 5.97 Å². The topological polar surface area (TPSA) is 54.0 Å². The van der Waals surface area contributed by atoms with Gasteiger partial charge in [-0.25, -0.2) is 4.79 Å². The Bertz CT molecular complexity index is 343. The Morgan fingerprint density at radius 1 is 0.917 bits per heavy atom. The number of carbonyl (C=O) groups excluding carboxylic acids is 1. The molecule has 0 amide bonds. The van der Waals surface area contributed by atoms with Gasteiger partial charge in [-0.2, -0.15) is 0 Å². The monoisotopic (exact) mass is 344 g/mol. The van der Waals surface area contributed by atoms with Crippen LogP contribution in [0.4, 0.5) is 0 Å². The van der Waals surface area contributed by atoms with Crippen LogP contribution in [0.5, 0.6) is 0 Å². The van der Waals surface area contributed by atoms with Gasteiger partial charge in [0.25, 0.3) is 0 Å². The molecule has 0 aromatic carbocycles. The Morgan fingerprint density at radius 2 is 1.50 bits per heavy atom. The largest absolute Gasteiger partial charge is 0.457 e. The molecule has 3 atom stereocenters. The molecule has 0 aliphatic heterocycles. The van der Waals surface area contributed by atoms with Crippen LogP contribution in [-0.2, 0) is 23.7 Å².